The van der Waals surface area contributed by atoms with E-state index in [-0.39, 0.29) is 29.7 Å². The highest BCUT2D eigenvalue weighted by Gasteiger charge is 2.37. The third kappa shape index (κ3) is 4.86. The largest absolute Gasteiger partial charge is 0.462 e. The van der Waals surface area contributed by atoms with Gasteiger partial charge >= 0.3 is 5.97 Å². The lowest BCUT2D eigenvalue weighted by molar-refractivity contribution is -0.135. The molecule has 8 heteroatoms. The Morgan fingerprint density at radius 1 is 1.21 bits per heavy atom. The highest BCUT2D eigenvalue weighted by atomic mass is 16.5. The Bertz CT molecular complexity index is 750. The molecule has 158 valence electrons. The van der Waals surface area contributed by atoms with Crippen molar-refractivity contribution in [1.29, 1.82) is 0 Å². The fourth-order valence-electron chi connectivity index (χ4n) is 3.93. The molecule has 3 rings (SSSR count). The lowest BCUT2D eigenvalue weighted by atomic mass is 10.1. The summed E-state index contributed by atoms with van der Waals surface area (Å²) in [5.41, 5.74) is 0.433. The van der Waals surface area contributed by atoms with E-state index in [2.05, 4.69) is 9.88 Å². The number of hydrogen-bond donors (Lipinski definition) is 0. The highest BCUT2D eigenvalue weighted by molar-refractivity contribution is 5.90. The second-order valence-electron chi connectivity index (χ2n) is 7.83. The van der Waals surface area contributed by atoms with Crippen LogP contribution in [0.15, 0.2) is 18.3 Å². The SMILES string of the molecule is CCOC(=O)c1ccc(N2CCCN(C(=O)C3CC(=O)N(C(C)C)C3)CC2)nc1. The van der Waals surface area contributed by atoms with Crippen LogP contribution >= 0.6 is 0 Å². The van der Waals surface area contributed by atoms with E-state index in [9.17, 15) is 14.4 Å². The second kappa shape index (κ2) is 9.24. The molecule has 0 saturated carbocycles. The van der Waals surface area contributed by atoms with Gasteiger partial charge < -0.3 is 19.4 Å². The Morgan fingerprint density at radius 3 is 2.62 bits per heavy atom. The van der Waals surface area contributed by atoms with Crippen molar-refractivity contribution in [2.24, 2.45) is 5.92 Å². The van der Waals surface area contributed by atoms with E-state index in [0.29, 0.717) is 44.8 Å². The van der Waals surface area contributed by atoms with Gasteiger partial charge in [-0.15, -0.1) is 0 Å². The smallest absolute Gasteiger partial charge is 0.339 e. The number of carbonyl (C=O) groups is 3. The number of ether oxygens (including phenoxy) is 1. The van der Waals surface area contributed by atoms with Gasteiger partial charge in [0.1, 0.15) is 5.82 Å². The fraction of sp³-hybridized carbons (Fsp3) is 0.619. The van der Waals surface area contributed by atoms with Gasteiger partial charge in [0.15, 0.2) is 0 Å². The van der Waals surface area contributed by atoms with Crippen LogP contribution in [0.2, 0.25) is 0 Å². The minimum Gasteiger partial charge on any atom is -0.462 e. The average Bonchev–Trinajstić information content (AvgIpc) is 2.94. The van der Waals surface area contributed by atoms with E-state index in [1.807, 2.05) is 24.8 Å². The first-order chi connectivity index (χ1) is 13.9. The third-order valence-electron chi connectivity index (χ3n) is 5.52. The monoisotopic (exact) mass is 402 g/mol. The van der Waals surface area contributed by atoms with Gasteiger partial charge in [0.2, 0.25) is 11.8 Å². The fourth-order valence-corrected chi connectivity index (χ4v) is 3.93. The van der Waals surface area contributed by atoms with Crippen LogP contribution in [0, 0.1) is 5.92 Å². The first-order valence-corrected chi connectivity index (χ1v) is 10.4. The number of nitrogens with zero attached hydrogens (tertiary/aromatic N) is 4. The van der Waals surface area contributed by atoms with Gasteiger partial charge in [-0.25, -0.2) is 9.78 Å². The topological polar surface area (TPSA) is 83.0 Å². The molecule has 0 spiro atoms. The van der Waals surface area contributed by atoms with Crippen LogP contribution in [0.1, 0.15) is 44.0 Å². The molecule has 1 atom stereocenters. The predicted octanol–water partition coefficient (Wildman–Crippen LogP) is 1.55. The first kappa shape index (κ1) is 21.1. The Balaban J connectivity index is 1.58. The number of anilines is 1. The Morgan fingerprint density at radius 2 is 2.00 bits per heavy atom. The van der Waals surface area contributed by atoms with E-state index in [1.165, 1.54) is 6.20 Å². The van der Waals surface area contributed by atoms with Crippen molar-refractivity contribution in [3.63, 3.8) is 0 Å². The number of pyridine rings is 1. The maximum atomic E-state index is 13.0. The van der Waals surface area contributed by atoms with Crippen molar-refractivity contribution in [2.75, 3.05) is 44.2 Å². The van der Waals surface area contributed by atoms with E-state index in [1.54, 1.807) is 17.9 Å². The molecule has 0 radical (unpaired) electrons. The Labute approximate surface area is 171 Å². The number of aromatic nitrogens is 1. The summed E-state index contributed by atoms with van der Waals surface area (Å²) in [6.45, 7) is 9.33. The van der Waals surface area contributed by atoms with Crippen molar-refractivity contribution in [1.82, 2.24) is 14.8 Å². The van der Waals surface area contributed by atoms with Gasteiger partial charge in [-0.1, -0.05) is 0 Å². The summed E-state index contributed by atoms with van der Waals surface area (Å²) in [6, 6.07) is 3.67. The highest BCUT2D eigenvalue weighted by Crippen LogP contribution is 2.23. The van der Waals surface area contributed by atoms with Gasteiger partial charge in [0.25, 0.3) is 0 Å². The number of esters is 1. The molecule has 1 aromatic rings. The number of carbonyl (C=O) groups excluding carboxylic acids is 3. The zero-order valence-corrected chi connectivity index (χ0v) is 17.5. The molecular weight excluding hydrogens is 372 g/mol. The summed E-state index contributed by atoms with van der Waals surface area (Å²) in [6.07, 6.45) is 2.68. The summed E-state index contributed by atoms with van der Waals surface area (Å²) in [7, 11) is 0. The average molecular weight is 402 g/mol. The molecule has 0 N–H and O–H groups in total. The molecule has 29 heavy (non-hydrogen) atoms. The van der Waals surface area contributed by atoms with Crippen LogP contribution in [0.3, 0.4) is 0 Å². The van der Waals surface area contributed by atoms with Crippen molar-refractivity contribution >= 4 is 23.6 Å². The first-order valence-electron chi connectivity index (χ1n) is 10.4. The number of amides is 2. The van der Waals surface area contributed by atoms with Gasteiger partial charge in [0, 0.05) is 51.4 Å². The molecule has 2 aliphatic heterocycles. The van der Waals surface area contributed by atoms with Crippen molar-refractivity contribution in [3.05, 3.63) is 23.9 Å². The molecule has 8 nitrogen and oxygen atoms in total. The Kier molecular flexibility index (Phi) is 6.71. The van der Waals surface area contributed by atoms with Crippen molar-refractivity contribution in [3.8, 4) is 0 Å². The minimum atomic E-state index is -0.374. The summed E-state index contributed by atoms with van der Waals surface area (Å²) in [5.74, 6) is 0.322. The quantitative estimate of drug-likeness (QED) is 0.695. The molecule has 3 heterocycles. The second-order valence-corrected chi connectivity index (χ2v) is 7.83. The zero-order valence-electron chi connectivity index (χ0n) is 17.5. The molecule has 2 aliphatic rings. The van der Waals surface area contributed by atoms with Crippen LogP contribution in [-0.4, -0.2) is 77.9 Å². The summed E-state index contributed by atoms with van der Waals surface area (Å²) in [4.78, 5) is 47.1. The van der Waals surface area contributed by atoms with Crippen molar-refractivity contribution < 1.29 is 19.1 Å². The van der Waals surface area contributed by atoms with Gasteiger partial charge in [0.05, 0.1) is 18.1 Å². The van der Waals surface area contributed by atoms with Crippen LogP contribution in [0.4, 0.5) is 5.82 Å². The molecule has 2 amide bonds. The lowest BCUT2D eigenvalue weighted by Crippen LogP contribution is -2.40. The van der Waals surface area contributed by atoms with Crippen LogP contribution in [0.5, 0.6) is 0 Å². The Hall–Kier alpha value is -2.64. The van der Waals surface area contributed by atoms with E-state index in [4.69, 9.17) is 4.74 Å². The van der Waals surface area contributed by atoms with Crippen molar-refractivity contribution in [2.45, 2.75) is 39.7 Å². The summed E-state index contributed by atoms with van der Waals surface area (Å²) < 4.78 is 4.99. The molecule has 0 aromatic carbocycles. The number of hydrogen-bond acceptors (Lipinski definition) is 6. The lowest BCUT2D eigenvalue weighted by Gasteiger charge is -2.25. The maximum absolute atomic E-state index is 13.0. The molecule has 1 aromatic heterocycles. The molecule has 2 fully saturated rings. The maximum Gasteiger partial charge on any atom is 0.339 e. The number of rotatable bonds is 5. The standard InChI is InChI=1S/C21H30N4O4/c1-4-29-21(28)16-6-7-18(22-13-16)23-8-5-9-24(11-10-23)20(27)17-12-19(26)25(14-17)15(2)3/h6-7,13,15,17H,4-5,8-12,14H2,1-3H3. The molecule has 2 saturated heterocycles. The number of likely N-dealkylation sites (tertiary alicyclic amines) is 1. The van der Waals surface area contributed by atoms with Gasteiger partial charge in [-0.2, -0.15) is 0 Å². The molecule has 0 aliphatic carbocycles. The van der Waals surface area contributed by atoms with E-state index in [0.717, 1.165) is 18.8 Å². The van der Waals surface area contributed by atoms with E-state index < -0.39 is 0 Å². The molecule has 1 unspecified atom stereocenters. The molecule has 0 bridgehead atoms. The van der Waals surface area contributed by atoms with Crippen LogP contribution in [0.25, 0.3) is 0 Å². The van der Waals surface area contributed by atoms with Crippen LogP contribution < -0.4 is 4.90 Å². The zero-order chi connectivity index (χ0) is 21.0. The van der Waals surface area contributed by atoms with E-state index >= 15 is 0 Å². The third-order valence-corrected chi connectivity index (χ3v) is 5.52. The summed E-state index contributed by atoms with van der Waals surface area (Å²) >= 11 is 0. The normalized spacial score (nSPS) is 20.2. The summed E-state index contributed by atoms with van der Waals surface area (Å²) in [5, 5.41) is 0. The predicted molar refractivity (Wildman–Crippen MR) is 109 cm³/mol. The van der Waals surface area contributed by atoms with Gasteiger partial charge in [-0.05, 0) is 39.3 Å². The van der Waals surface area contributed by atoms with Gasteiger partial charge in [-0.3, -0.25) is 9.59 Å². The minimum absolute atomic E-state index is 0.0701. The van der Waals surface area contributed by atoms with Crippen LogP contribution in [-0.2, 0) is 14.3 Å². The molecular formula is C21H30N4O4.